The number of halogens is 2. The van der Waals surface area contributed by atoms with Gasteiger partial charge in [0.15, 0.2) is 0 Å². The van der Waals surface area contributed by atoms with Crippen LogP contribution < -0.4 is 24.8 Å². The van der Waals surface area contributed by atoms with Crippen molar-refractivity contribution in [2.24, 2.45) is 0 Å². The average Bonchev–Trinajstić information content (AvgIpc) is 3.34. The van der Waals surface area contributed by atoms with Crippen LogP contribution in [-0.2, 0) is 24.2 Å². The van der Waals surface area contributed by atoms with Gasteiger partial charge < -0.3 is 24.8 Å². The van der Waals surface area contributed by atoms with Crippen molar-refractivity contribution >= 4 is 3.21 Å². The molecule has 0 amide bonds. The number of aryl methyl sites for hydroxylation is 1. The van der Waals surface area contributed by atoms with E-state index in [1.165, 1.54) is 55.3 Å². The van der Waals surface area contributed by atoms with Crippen molar-refractivity contribution in [1.82, 2.24) is 0 Å². The summed E-state index contributed by atoms with van der Waals surface area (Å²) < 4.78 is 1.42. The van der Waals surface area contributed by atoms with Crippen molar-refractivity contribution in [1.29, 1.82) is 0 Å². The van der Waals surface area contributed by atoms with E-state index in [4.69, 9.17) is 0 Å². The summed E-state index contributed by atoms with van der Waals surface area (Å²) in [7, 11) is 0. The molecule has 142 valence electrons. The monoisotopic (exact) mass is 483 g/mol. The molecule has 0 nitrogen and oxygen atoms in total. The Kier molecular flexibility index (Phi) is 10.8. The summed E-state index contributed by atoms with van der Waals surface area (Å²) in [5, 5.41) is 0. The van der Waals surface area contributed by atoms with Gasteiger partial charge in [0.05, 0.1) is 0 Å². The Labute approximate surface area is 195 Å². The van der Waals surface area contributed by atoms with Gasteiger partial charge in [-0.3, -0.25) is 0 Å². The Balaban J connectivity index is 0.000000264. The topological polar surface area (TPSA) is 0 Å². The maximum absolute atomic E-state index is 2.24. The fourth-order valence-corrected chi connectivity index (χ4v) is 3.89. The molecule has 0 atom stereocenters. The molecule has 4 rings (SSSR count). The zero-order chi connectivity index (χ0) is 18.4. The molecule has 0 heterocycles. The third kappa shape index (κ3) is 6.31. The van der Waals surface area contributed by atoms with Gasteiger partial charge in [0.25, 0.3) is 0 Å². The fraction of sp³-hybridized carbons (Fsp3) is 0.120. The van der Waals surface area contributed by atoms with Crippen LogP contribution in [0.25, 0.3) is 0 Å². The van der Waals surface area contributed by atoms with Gasteiger partial charge in [-0.1, -0.05) is 38.2 Å². The minimum absolute atomic E-state index is 0. The molecule has 3 heteroatoms. The van der Waals surface area contributed by atoms with Crippen molar-refractivity contribution in [3.8, 4) is 0 Å². The van der Waals surface area contributed by atoms with Crippen LogP contribution in [0.4, 0.5) is 0 Å². The van der Waals surface area contributed by atoms with Crippen LogP contribution in [0.5, 0.6) is 0 Å². The average molecular weight is 486 g/mol. The van der Waals surface area contributed by atoms with Crippen LogP contribution in [0.2, 0.25) is 0 Å². The third-order valence-electron chi connectivity index (χ3n) is 4.77. The van der Waals surface area contributed by atoms with Crippen molar-refractivity contribution in [3.63, 3.8) is 0 Å². The first-order valence-electron chi connectivity index (χ1n) is 8.94. The third-order valence-corrected chi connectivity index (χ3v) is 6.19. The Bertz CT molecular complexity index is 868. The van der Waals surface area contributed by atoms with E-state index >= 15 is 0 Å². The molecule has 28 heavy (non-hydrogen) atoms. The first-order valence-corrected chi connectivity index (χ1v) is 10.2. The van der Waals surface area contributed by atoms with E-state index in [2.05, 4.69) is 111 Å². The van der Waals surface area contributed by atoms with Gasteiger partial charge in [-0.15, -0.1) is 0 Å². The predicted molar refractivity (Wildman–Crippen MR) is 109 cm³/mol. The van der Waals surface area contributed by atoms with E-state index in [0.29, 0.717) is 5.92 Å². The normalized spacial score (nSPS) is 11.9. The second-order valence-electron chi connectivity index (χ2n) is 6.50. The van der Waals surface area contributed by atoms with Gasteiger partial charge in [-0.05, 0) is 5.92 Å². The standard InChI is InChI=1S/C13H10.C12H13.2ClH.Zr/c1-3-7-12(8-4-1)11-13-9-5-2-6-10-13;1-9-7-8-12(10(9)2)11-5-3-4-6-11;;;/h1-10H;3-8,11H,1-2H3;2*1H;/q;-1;;;+2/p-2. The SMILES string of the molecule is Cc1c(C2C=CC=C2)cc[c-]1C.[Cl-].[Cl-].[Zr+2]=[C](c1ccccc1)c1ccccc1. The molecule has 0 spiro atoms. The van der Waals surface area contributed by atoms with E-state index < -0.39 is 0 Å². The predicted octanol–water partition coefficient (Wildman–Crippen LogP) is 0.0421. The Hall–Kier alpha value is -1.40. The van der Waals surface area contributed by atoms with Gasteiger partial charge in [-0.2, -0.15) is 22.8 Å². The molecule has 0 N–H and O–H groups in total. The van der Waals surface area contributed by atoms with Gasteiger partial charge in [0.2, 0.25) is 0 Å². The van der Waals surface area contributed by atoms with E-state index in [1.807, 2.05) is 0 Å². The van der Waals surface area contributed by atoms with Crippen molar-refractivity contribution in [2.75, 3.05) is 0 Å². The molecule has 1 aliphatic rings. The molecule has 3 aromatic rings. The first-order chi connectivity index (χ1) is 12.7. The van der Waals surface area contributed by atoms with Crippen LogP contribution >= 0.6 is 0 Å². The van der Waals surface area contributed by atoms with E-state index in [1.54, 1.807) is 0 Å². The number of benzene rings is 2. The summed E-state index contributed by atoms with van der Waals surface area (Å²) in [6.45, 7) is 4.37. The molecule has 0 fully saturated rings. The molecule has 0 bridgehead atoms. The summed E-state index contributed by atoms with van der Waals surface area (Å²) in [4.78, 5) is 0. The maximum atomic E-state index is 2.24. The second kappa shape index (κ2) is 12.2. The van der Waals surface area contributed by atoms with Crippen LogP contribution in [0.3, 0.4) is 0 Å². The molecular weight excluding hydrogens is 462 g/mol. The molecule has 3 aromatic carbocycles. The van der Waals surface area contributed by atoms with Gasteiger partial charge in [-0.25, -0.2) is 6.07 Å². The van der Waals surface area contributed by atoms with E-state index in [9.17, 15) is 0 Å². The van der Waals surface area contributed by atoms with Crippen LogP contribution in [0.1, 0.15) is 33.7 Å². The van der Waals surface area contributed by atoms with Gasteiger partial charge in [0, 0.05) is 0 Å². The number of hydrogen-bond acceptors (Lipinski definition) is 0. The molecular formula is C25H23Cl2Zr-. The fourth-order valence-electron chi connectivity index (χ4n) is 3.07. The molecule has 1 aliphatic carbocycles. The van der Waals surface area contributed by atoms with Gasteiger partial charge in [0.1, 0.15) is 0 Å². The van der Waals surface area contributed by atoms with Crippen molar-refractivity contribution < 1.29 is 49.0 Å². The van der Waals surface area contributed by atoms with Crippen LogP contribution in [0, 0.1) is 13.8 Å². The number of rotatable bonds is 3. The molecule has 0 unspecified atom stereocenters. The summed E-state index contributed by atoms with van der Waals surface area (Å²) in [5.41, 5.74) is 6.96. The summed E-state index contributed by atoms with van der Waals surface area (Å²) in [6, 6.07) is 25.5. The van der Waals surface area contributed by atoms with E-state index in [-0.39, 0.29) is 24.8 Å². The Morgan fingerprint density at radius 2 is 1.25 bits per heavy atom. The molecule has 0 saturated carbocycles. The van der Waals surface area contributed by atoms with E-state index in [0.717, 1.165) is 0 Å². The second-order valence-corrected chi connectivity index (χ2v) is 7.73. The van der Waals surface area contributed by atoms with Crippen molar-refractivity contribution in [3.05, 3.63) is 125 Å². The Morgan fingerprint density at radius 1 is 0.786 bits per heavy atom. The summed E-state index contributed by atoms with van der Waals surface area (Å²) in [5.74, 6) is 0.527. The summed E-state index contributed by atoms with van der Waals surface area (Å²) in [6.07, 6.45) is 8.71. The molecule has 0 radical (unpaired) electrons. The first kappa shape index (κ1) is 24.6. The quantitative estimate of drug-likeness (QED) is 0.460. The zero-order valence-electron chi connectivity index (χ0n) is 16.1. The molecule has 0 aliphatic heterocycles. The summed E-state index contributed by atoms with van der Waals surface area (Å²) >= 11 is 1.46. The van der Waals surface area contributed by atoms with Gasteiger partial charge >= 0.3 is 99.2 Å². The van der Waals surface area contributed by atoms with Crippen LogP contribution in [0.15, 0.2) is 97.1 Å². The molecule has 0 saturated heterocycles. The number of hydrogen-bond donors (Lipinski definition) is 0. The number of allylic oxidation sites excluding steroid dienone is 4. The minimum atomic E-state index is 0. The molecule has 0 aromatic heterocycles. The zero-order valence-corrected chi connectivity index (χ0v) is 20.0. The van der Waals surface area contributed by atoms with Crippen LogP contribution in [-0.4, -0.2) is 3.21 Å². The van der Waals surface area contributed by atoms with Crippen molar-refractivity contribution in [2.45, 2.75) is 19.8 Å². The Morgan fingerprint density at radius 3 is 1.64 bits per heavy atom.